The summed E-state index contributed by atoms with van der Waals surface area (Å²) in [5.74, 6) is -3.37. The molecule has 1 fully saturated rings. The van der Waals surface area contributed by atoms with E-state index in [-0.39, 0.29) is 23.1 Å². The van der Waals surface area contributed by atoms with Gasteiger partial charge in [-0.15, -0.1) is 0 Å². The zero-order valence-corrected chi connectivity index (χ0v) is 49.1. The van der Waals surface area contributed by atoms with Crippen LogP contribution < -0.4 is 5.32 Å². The number of nitrogens with one attached hydrogen (secondary N) is 1. The number of hydrogen-bond acceptors (Lipinski definition) is 15. The lowest BCUT2D eigenvalue weighted by atomic mass is 9.98. The number of ether oxygens (including phenoxy) is 5. The molecule has 0 bridgehead atoms. The highest BCUT2D eigenvalue weighted by Gasteiger charge is 2.54. The topological polar surface area (TPSA) is 254 Å². The quantitative estimate of drug-likeness (QED) is 0.0156. The van der Waals surface area contributed by atoms with Crippen molar-refractivity contribution in [1.82, 2.24) is 5.32 Å². The number of benzene rings is 3. The molecule has 1 heterocycles. The Bertz CT molecular complexity index is 2480. The van der Waals surface area contributed by atoms with E-state index in [0.29, 0.717) is 12.8 Å². The van der Waals surface area contributed by atoms with E-state index in [4.69, 9.17) is 32.1 Å². The van der Waals surface area contributed by atoms with Crippen molar-refractivity contribution in [1.29, 1.82) is 0 Å². The maximum Gasteiger partial charge on any atom is 0.397 e. The van der Waals surface area contributed by atoms with E-state index in [1.54, 1.807) is 48.5 Å². The Morgan fingerprint density at radius 2 is 0.963 bits per heavy atom. The number of amides is 1. The van der Waals surface area contributed by atoms with Gasteiger partial charge in [0.15, 0.2) is 24.6 Å². The molecule has 3 N–H and O–H groups in total. The van der Waals surface area contributed by atoms with Crippen LogP contribution in [-0.4, -0.2) is 106 Å². The lowest BCUT2D eigenvalue weighted by molar-refractivity contribution is -0.294. The highest BCUT2D eigenvalue weighted by atomic mass is 32.3. The minimum absolute atomic E-state index is 0.0456. The minimum Gasteiger partial charge on any atom is -0.452 e. The summed E-state index contributed by atoms with van der Waals surface area (Å²) in [7, 11) is -10.8. The second kappa shape index (κ2) is 39.4. The van der Waals surface area contributed by atoms with Gasteiger partial charge in [0.25, 0.3) is 0 Å². The highest BCUT2D eigenvalue weighted by molar-refractivity contribution is 7.81. The summed E-state index contributed by atoms with van der Waals surface area (Å²) >= 11 is 0. The molecule has 0 aromatic heterocycles. The molecule has 0 spiro atoms. The maximum atomic E-state index is 14.0. The standard InChI is InChI=1S/C61H89NO17S2/c1-3-5-7-9-11-13-15-17-19-21-23-25-36-44-52(75-58(64)48-38-30-27-31-39-48)51(62-54(63)45-37-26-24-22-20-18-16-14-12-10-8-6-4-2)46-73-61-57(79-81(70,71)72)56(78-60(66)50-42-34-29-35-43-50)55(53(76-61)47-74-80(67,68)69)77-59(65)49-40-32-28-33-41-49/h27-36,38-44,51-53,55-57,61H,3-26,37,45-47H2,1-2H3,(H,62,63)(H,67,68,69)(H,70,71,72)/b44-36+/t51-,52+,53+,55-,56-,57+,61-/m0/s1. The Morgan fingerprint density at radius 1 is 0.543 bits per heavy atom. The van der Waals surface area contributed by atoms with Crippen LogP contribution >= 0.6 is 0 Å². The third-order valence-electron chi connectivity index (χ3n) is 14.0. The van der Waals surface area contributed by atoms with Crippen molar-refractivity contribution in [3.05, 3.63) is 120 Å². The first-order valence-electron chi connectivity index (χ1n) is 29.4. The van der Waals surface area contributed by atoms with Crippen molar-refractivity contribution < 1.29 is 77.2 Å². The maximum absolute atomic E-state index is 14.0. The van der Waals surface area contributed by atoms with Crippen LogP contribution in [0, 0.1) is 0 Å². The SMILES string of the molecule is CCCCCCCCCCCCC/C=C/[C@@H](OC(=O)c1ccccc1)[C@H](CO[C@H]1O[C@H](COS(=O)(=O)O)[C@H](OC(=O)c2ccccc2)[C@H](OC(=O)c2ccccc2)[C@H]1OS(=O)(=O)O)NC(=O)CCCCCCCCCCCCCCC. The molecular formula is C61H89NO17S2. The van der Waals surface area contributed by atoms with Crippen LogP contribution in [0.15, 0.2) is 103 Å². The molecule has 0 radical (unpaired) electrons. The van der Waals surface area contributed by atoms with Crippen molar-refractivity contribution >= 4 is 44.6 Å². The predicted molar refractivity (Wildman–Crippen MR) is 308 cm³/mol. The van der Waals surface area contributed by atoms with Crippen LogP contribution in [0.1, 0.15) is 212 Å². The van der Waals surface area contributed by atoms with E-state index in [2.05, 4.69) is 19.2 Å². The smallest absolute Gasteiger partial charge is 0.397 e. The van der Waals surface area contributed by atoms with Gasteiger partial charge in [0.05, 0.1) is 35.9 Å². The van der Waals surface area contributed by atoms with Crippen molar-refractivity contribution in [2.45, 2.75) is 224 Å². The number of unbranched alkanes of at least 4 members (excludes halogenated alkanes) is 23. The molecule has 0 aliphatic carbocycles. The molecule has 20 heteroatoms. The third kappa shape index (κ3) is 29.2. The summed E-state index contributed by atoms with van der Waals surface area (Å²) in [5, 5.41) is 2.94. The van der Waals surface area contributed by atoms with E-state index in [0.717, 1.165) is 57.8 Å². The number of rotatable bonds is 43. The van der Waals surface area contributed by atoms with E-state index < -0.39 is 101 Å². The zero-order valence-electron chi connectivity index (χ0n) is 47.5. The lowest BCUT2D eigenvalue weighted by Crippen LogP contribution is -2.63. The second-order valence-corrected chi connectivity index (χ2v) is 22.8. The fourth-order valence-corrected chi connectivity index (χ4v) is 10.3. The third-order valence-corrected chi connectivity index (χ3v) is 14.9. The summed E-state index contributed by atoms with van der Waals surface area (Å²) in [6.45, 7) is 2.63. The van der Waals surface area contributed by atoms with Gasteiger partial charge in [-0.25, -0.2) is 22.7 Å². The van der Waals surface area contributed by atoms with Gasteiger partial charge < -0.3 is 29.0 Å². The molecule has 7 atom stereocenters. The van der Waals surface area contributed by atoms with Gasteiger partial charge in [-0.2, -0.15) is 16.8 Å². The average Bonchev–Trinajstić information content (AvgIpc) is 3.54. The molecule has 4 rings (SSSR count). The summed E-state index contributed by atoms with van der Waals surface area (Å²) in [5.41, 5.74) is 0.0910. The second-order valence-electron chi connectivity index (χ2n) is 20.7. The Hall–Kier alpha value is -5.06. The predicted octanol–water partition coefficient (Wildman–Crippen LogP) is 12.6. The Kier molecular flexibility index (Phi) is 33.3. The number of hydrogen-bond donors (Lipinski definition) is 3. The number of carbonyl (C=O) groups is 4. The fraction of sp³-hybridized carbons (Fsp3) is 0.607. The molecule has 18 nitrogen and oxygen atoms in total. The molecule has 1 saturated heterocycles. The van der Waals surface area contributed by atoms with Crippen molar-refractivity contribution in [3.63, 3.8) is 0 Å². The first kappa shape index (κ1) is 68.4. The van der Waals surface area contributed by atoms with Gasteiger partial charge in [0, 0.05) is 6.42 Å². The van der Waals surface area contributed by atoms with Crippen molar-refractivity contribution in [2.24, 2.45) is 0 Å². The van der Waals surface area contributed by atoms with E-state index in [1.807, 2.05) is 6.08 Å². The van der Waals surface area contributed by atoms with Gasteiger partial charge in [-0.05, 0) is 61.7 Å². The normalized spacial score (nSPS) is 18.2. The Labute approximate surface area is 481 Å². The van der Waals surface area contributed by atoms with E-state index in [9.17, 15) is 45.1 Å². The lowest BCUT2D eigenvalue weighted by Gasteiger charge is -2.44. The average molecular weight is 1170 g/mol. The van der Waals surface area contributed by atoms with Crippen molar-refractivity contribution in [3.8, 4) is 0 Å². The van der Waals surface area contributed by atoms with Crippen LogP contribution in [0.25, 0.3) is 0 Å². The fourth-order valence-electron chi connectivity index (χ4n) is 9.53. The van der Waals surface area contributed by atoms with Gasteiger partial charge in [0.1, 0.15) is 12.2 Å². The molecule has 0 saturated carbocycles. The molecule has 3 aromatic rings. The largest absolute Gasteiger partial charge is 0.452 e. The van der Waals surface area contributed by atoms with E-state index in [1.165, 1.54) is 138 Å². The van der Waals surface area contributed by atoms with Crippen LogP contribution in [0.5, 0.6) is 0 Å². The van der Waals surface area contributed by atoms with Crippen LogP contribution in [0.4, 0.5) is 0 Å². The molecule has 3 aromatic carbocycles. The minimum atomic E-state index is -5.54. The molecule has 1 aliphatic heterocycles. The molecule has 1 amide bonds. The summed E-state index contributed by atoms with van der Waals surface area (Å²) in [6.07, 6.45) is 19.6. The van der Waals surface area contributed by atoms with Crippen LogP contribution in [0.3, 0.4) is 0 Å². The van der Waals surface area contributed by atoms with Gasteiger partial charge in [-0.3, -0.25) is 13.9 Å². The molecule has 452 valence electrons. The van der Waals surface area contributed by atoms with Crippen LogP contribution in [0.2, 0.25) is 0 Å². The number of carbonyl (C=O) groups excluding carboxylic acids is 4. The monoisotopic (exact) mass is 1170 g/mol. The number of esters is 3. The molecular weight excluding hydrogens is 1080 g/mol. The Morgan fingerprint density at radius 3 is 1.41 bits per heavy atom. The summed E-state index contributed by atoms with van der Waals surface area (Å²) < 4.78 is 110. The summed E-state index contributed by atoms with van der Waals surface area (Å²) in [6, 6.07) is 21.7. The van der Waals surface area contributed by atoms with Gasteiger partial charge in [0.2, 0.25) is 5.91 Å². The molecule has 0 unspecified atom stereocenters. The van der Waals surface area contributed by atoms with Crippen LogP contribution in [-0.2, 0) is 57.6 Å². The van der Waals surface area contributed by atoms with Gasteiger partial charge in [-0.1, -0.05) is 216 Å². The van der Waals surface area contributed by atoms with E-state index >= 15 is 0 Å². The highest BCUT2D eigenvalue weighted by Crippen LogP contribution is 2.32. The zero-order chi connectivity index (χ0) is 58.6. The Balaban J connectivity index is 1.65. The number of allylic oxidation sites excluding steroid dienone is 1. The van der Waals surface area contributed by atoms with Gasteiger partial charge >= 0.3 is 38.7 Å². The summed E-state index contributed by atoms with van der Waals surface area (Å²) in [4.78, 5) is 55.5. The van der Waals surface area contributed by atoms with Crippen molar-refractivity contribution in [2.75, 3.05) is 13.2 Å². The molecule has 81 heavy (non-hydrogen) atoms. The molecule has 1 aliphatic rings. The first-order chi connectivity index (χ1) is 39.1. The first-order valence-corrected chi connectivity index (χ1v) is 32.1.